The van der Waals surface area contributed by atoms with E-state index in [1.54, 1.807) is 18.2 Å². The van der Waals surface area contributed by atoms with Crippen molar-refractivity contribution in [2.45, 2.75) is 6.54 Å². The van der Waals surface area contributed by atoms with Crippen LogP contribution >= 0.6 is 0 Å². The van der Waals surface area contributed by atoms with Crippen LogP contribution in [0.5, 0.6) is 5.75 Å². The Balaban J connectivity index is 2.17. The second-order valence-corrected chi connectivity index (χ2v) is 3.65. The molecule has 90 valence electrons. The highest BCUT2D eigenvalue weighted by Gasteiger charge is 2.05. The van der Waals surface area contributed by atoms with Crippen LogP contribution in [0.2, 0.25) is 0 Å². The van der Waals surface area contributed by atoms with Gasteiger partial charge in [0.25, 0.3) is 0 Å². The molecule has 0 amide bonds. The van der Waals surface area contributed by atoms with Gasteiger partial charge in [-0.2, -0.15) is 10.4 Å². The number of hydrogen-bond donors (Lipinski definition) is 3. The lowest BCUT2D eigenvalue weighted by Crippen LogP contribution is -2.05. The van der Waals surface area contributed by atoms with Crippen molar-refractivity contribution >= 4 is 11.5 Å². The molecule has 2 aromatic rings. The van der Waals surface area contributed by atoms with E-state index in [-0.39, 0.29) is 5.75 Å². The number of benzene rings is 1. The Kier molecular flexibility index (Phi) is 3.25. The number of anilines is 2. The van der Waals surface area contributed by atoms with Gasteiger partial charge in [-0.15, -0.1) is 5.10 Å². The van der Waals surface area contributed by atoms with Crippen LogP contribution in [0, 0.1) is 11.3 Å². The molecule has 6 nitrogen and oxygen atoms in total. The van der Waals surface area contributed by atoms with E-state index in [0.29, 0.717) is 29.2 Å². The highest BCUT2D eigenvalue weighted by atomic mass is 16.3. The molecule has 0 aliphatic rings. The SMILES string of the molecule is N#Cc1ccnnc1NCc1cc(N)ccc1O. The Bertz CT molecular complexity index is 606. The Hall–Kier alpha value is -2.81. The molecule has 2 rings (SSSR count). The number of hydrogen-bond acceptors (Lipinski definition) is 6. The van der Waals surface area contributed by atoms with Crippen molar-refractivity contribution < 1.29 is 5.11 Å². The molecule has 0 radical (unpaired) electrons. The second kappa shape index (κ2) is 5.01. The summed E-state index contributed by atoms with van der Waals surface area (Å²) in [5, 5.41) is 29.0. The number of nitrogens with zero attached hydrogens (tertiary/aromatic N) is 3. The summed E-state index contributed by atoms with van der Waals surface area (Å²) in [6.07, 6.45) is 1.45. The van der Waals surface area contributed by atoms with E-state index in [4.69, 9.17) is 11.0 Å². The third kappa shape index (κ3) is 2.47. The Morgan fingerprint density at radius 2 is 2.22 bits per heavy atom. The first kappa shape index (κ1) is 11.7. The predicted molar refractivity (Wildman–Crippen MR) is 66.6 cm³/mol. The molecule has 1 aromatic heterocycles. The van der Waals surface area contributed by atoms with Crippen LogP contribution in [0.4, 0.5) is 11.5 Å². The smallest absolute Gasteiger partial charge is 0.166 e. The average molecular weight is 241 g/mol. The van der Waals surface area contributed by atoms with Crippen LogP contribution in [-0.4, -0.2) is 15.3 Å². The average Bonchev–Trinajstić information content (AvgIpc) is 2.40. The van der Waals surface area contributed by atoms with Crippen LogP contribution in [-0.2, 0) is 6.54 Å². The van der Waals surface area contributed by atoms with E-state index in [1.807, 2.05) is 6.07 Å². The molecule has 1 aromatic carbocycles. The fraction of sp³-hybridized carbons (Fsp3) is 0.0833. The molecular formula is C12H11N5O. The number of aromatic hydroxyl groups is 1. The Morgan fingerprint density at radius 3 is 3.00 bits per heavy atom. The van der Waals surface area contributed by atoms with E-state index in [1.165, 1.54) is 12.3 Å². The third-order valence-corrected chi connectivity index (χ3v) is 2.39. The molecule has 0 fully saturated rings. The number of nitriles is 1. The van der Waals surface area contributed by atoms with Crippen molar-refractivity contribution in [3.8, 4) is 11.8 Å². The number of nitrogens with one attached hydrogen (secondary N) is 1. The van der Waals surface area contributed by atoms with Gasteiger partial charge in [-0.1, -0.05) is 0 Å². The van der Waals surface area contributed by atoms with Gasteiger partial charge in [0.2, 0.25) is 0 Å². The first-order valence-corrected chi connectivity index (χ1v) is 5.23. The van der Waals surface area contributed by atoms with Crippen LogP contribution in [0.15, 0.2) is 30.5 Å². The maximum Gasteiger partial charge on any atom is 0.166 e. The summed E-state index contributed by atoms with van der Waals surface area (Å²) >= 11 is 0. The summed E-state index contributed by atoms with van der Waals surface area (Å²) < 4.78 is 0. The number of phenolic OH excluding ortho intramolecular Hbond substituents is 1. The molecule has 18 heavy (non-hydrogen) atoms. The zero-order valence-corrected chi connectivity index (χ0v) is 9.46. The van der Waals surface area contributed by atoms with E-state index in [2.05, 4.69) is 15.5 Å². The molecule has 0 saturated heterocycles. The molecule has 6 heteroatoms. The van der Waals surface area contributed by atoms with Gasteiger partial charge < -0.3 is 16.2 Å². The molecule has 0 aliphatic carbocycles. The van der Waals surface area contributed by atoms with E-state index in [0.717, 1.165) is 0 Å². The zero-order chi connectivity index (χ0) is 13.0. The van der Waals surface area contributed by atoms with E-state index < -0.39 is 0 Å². The summed E-state index contributed by atoms with van der Waals surface area (Å²) in [6, 6.07) is 8.36. The van der Waals surface area contributed by atoms with Crippen LogP contribution in [0.1, 0.15) is 11.1 Å². The lowest BCUT2D eigenvalue weighted by Gasteiger charge is -2.08. The summed E-state index contributed by atoms with van der Waals surface area (Å²) in [5.74, 6) is 0.515. The van der Waals surface area contributed by atoms with Gasteiger partial charge in [-0.3, -0.25) is 0 Å². The Morgan fingerprint density at radius 1 is 1.39 bits per heavy atom. The van der Waals surface area contributed by atoms with E-state index in [9.17, 15) is 5.11 Å². The number of phenols is 1. The summed E-state index contributed by atoms with van der Waals surface area (Å²) in [7, 11) is 0. The van der Waals surface area contributed by atoms with Crippen molar-refractivity contribution in [3.05, 3.63) is 41.6 Å². The van der Waals surface area contributed by atoms with Gasteiger partial charge in [0.15, 0.2) is 5.82 Å². The summed E-state index contributed by atoms with van der Waals surface area (Å²) in [6.45, 7) is 0.310. The van der Waals surface area contributed by atoms with Crippen molar-refractivity contribution in [3.63, 3.8) is 0 Å². The molecule has 0 unspecified atom stereocenters. The standard InChI is InChI=1S/C12H11N5O/c13-6-8-3-4-16-17-12(8)15-7-9-5-10(14)1-2-11(9)18/h1-5,18H,7,14H2,(H,15,17). The number of nitrogen functional groups attached to an aromatic ring is 1. The molecule has 0 spiro atoms. The van der Waals surface area contributed by atoms with Gasteiger partial charge >= 0.3 is 0 Å². The zero-order valence-electron chi connectivity index (χ0n) is 9.46. The summed E-state index contributed by atoms with van der Waals surface area (Å²) in [4.78, 5) is 0. The van der Waals surface area contributed by atoms with E-state index >= 15 is 0 Å². The van der Waals surface area contributed by atoms with Gasteiger partial charge in [0, 0.05) is 17.8 Å². The van der Waals surface area contributed by atoms with Gasteiger partial charge in [0.05, 0.1) is 11.8 Å². The van der Waals surface area contributed by atoms with Crippen LogP contribution in [0.25, 0.3) is 0 Å². The minimum absolute atomic E-state index is 0.138. The van der Waals surface area contributed by atoms with Crippen molar-refractivity contribution in [1.29, 1.82) is 5.26 Å². The normalized spacial score (nSPS) is 9.72. The fourth-order valence-electron chi connectivity index (χ4n) is 1.48. The van der Waals surface area contributed by atoms with Crippen molar-refractivity contribution in [2.24, 2.45) is 0 Å². The van der Waals surface area contributed by atoms with Crippen molar-refractivity contribution in [1.82, 2.24) is 10.2 Å². The Labute approximate surface area is 104 Å². The number of nitrogens with two attached hydrogens (primary N) is 1. The lowest BCUT2D eigenvalue weighted by molar-refractivity contribution is 0.469. The second-order valence-electron chi connectivity index (χ2n) is 3.65. The fourth-order valence-corrected chi connectivity index (χ4v) is 1.48. The third-order valence-electron chi connectivity index (χ3n) is 2.39. The minimum atomic E-state index is 0.138. The van der Waals surface area contributed by atoms with Gasteiger partial charge in [-0.25, -0.2) is 0 Å². The quantitative estimate of drug-likeness (QED) is 0.551. The predicted octanol–water partition coefficient (Wildman–Crippen LogP) is 1.25. The maximum absolute atomic E-state index is 9.64. The highest BCUT2D eigenvalue weighted by Crippen LogP contribution is 2.21. The van der Waals surface area contributed by atoms with Crippen LogP contribution in [0.3, 0.4) is 0 Å². The molecule has 0 bridgehead atoms. The minimum Gasteiger partial charge on any atom is -0.508 e. The molecular weight excluding hydrogens is 230 g/mol. The number of aromatic nitrogens is 2. The first-order valence-electron chi connectivity index (χ1n) is 5.23. The number of rotatable bonds is 3. The highest BCUT2D eigenvalue weighted by molar-refractivity contribution is 5.52. The van der Waals surface area contributed by atoms with Crippen molar-refractivity contribution in [2.75, 3.05) is 11.1 Å². The molecule has 4 N–H and O–H groups in total. The summed E-state index contributed by atoms with van der Waals surface area (Å²) in [5.41, 5.74) is 7.22. The molecule has 1 heterocycles. The lowest BCUT2D eigenvalue weighted by atomic mass is 10.1. The van der Waals surface area contributed by atoms with Gasteiger partial charge in [0.1, 0.15) is 11.8 Å². The van der Waals surface area contributed by atoms with Crippen LogP contribution < -0.4 is 11.1 Å². The molecule has 0 atom stereocenters. The topological polar surface area (TPSA) is 108 Å². The largest absolute Gasteiger partial charge is 0.508 e. The monoisotopic (exact) mass is 241 g/mol. The first-order chi connectivity index (χ1) is 8.70. The molecule has 0 aliphatic heterocycles. The maximum atomic E-state index is 9.64. The molecule has 0 saturated carbocycles. The van der Waals surface area contributed by atoms with Gasteiger partial charge in [-0.05, 0) is 24.3 Å².